The second kappa shape index (κ2) is 18.4. The minimum absolute atomic E-state index is 0.0151. The average Bonchev–Trinajstić information content (AvgIpc) is 2.99. The summed E-state index contributed by atoms with van der Waals surface area (Å²) in [7, 11) is 0. The Hall–Kier alpha value is -3.21. The highest BCUT2D eigenvalue weighted by molar-refractivity contribution is 5.78. The van der Waals surface area contributed by atoms with Gasteiger partial charge in [0.05, 0.1) is 0 Å². The van der Waals surface area contributed by atoms with E-state index in [4.69, 9.17) is 10.5 Å². The molecule has 3 rings (SSSR count). The molecule has 0 spiro atoms. The fourth-order valence-corrected chi connectivity index (χ4v) is 4.80. The highest BCUT2D eigenvalue weighted by Gasteiger charge is 2.23. The van der Waals surface area contributed by atoms with Crippen molar-refractivity contribution < 1.29 is 18.7 Å². The summed E-state index contributed by atoms with van der Waals surface area (Å²) < 4.78 is 19.1. The van der Waals surface area contributed by atoms with Gasteiger partial charge in [0.2, 0.25) is 0 Å². The molecule has 0 aliphatic carbocycles. The summed E-state index contributed by atoms with van der Waals surface area (Å²) in [5, 5.41) is 6.42. The molecular weight excluding hydrogens is 535 g/mol. The lowest BCUT2D eigenvalue weighted by molar-refractivity contribution is -0.135. The van der Waals surface area contributed by atoms with Crippen LogP contribution in [0.3, 0.4) is 0 Å². The molecule has 0 bridgehead atoms. The van der Waals surface area contributed by atoms with Crippen LogP contribution in [-0.2, 0) is 17.9 Å². The van der Waals surface area contributed by atoms with E-state index in [1.165, 1.54) is 30.5 Å². The Morgan fingerprint density at radius 1 is 0.952 bits per heavy atom. The SMILES string of the molecule is CC(C)NC(=O)N(CCN1CCN(C(=O)COc2ccc(CNCCCCCCN)cc2)CC1)Cc1ccc(F)cc1. The van der Waals surface area contributed by atoms with Gasteiger partial charge >= 0.3 is 6.03 Å². The molecule has 2 aromatic rings. The van der Waals surface area contributed by atoms with Gasteiger partial charge in [0, 0.05) is 58.4 Å². The van der Waals surface area contributed by atoms with Crippen molar-refractivity contribution in [2.75, 3.05) is 59.0 Å². The molecular formula is C32H49FN6O3. The number of urea groups is 1. The highest BCUT2D eigenvalue weighted by atomic mass is 19.1. The third-order valence-corrected chi connectivity index (χ3v) is 7.32. The zero-order chi connectivity index (χ0) is 30.2. The van der Waals surface area contributed by atoms with Gasteiger partial charge in [-0.25, -0.2) is 9.18 Å². The van der Waals surface area contributed by atoms with Crippen LogP contribution in [0.25, 0.3) is 0 Å². The number of benzene rings is 2. The lowest BCUT2D eigenvalue weighted by Gasteiger charge is -2.36. The number of carbonyl (C=O) groups is 2. The van der Waals surface area contributed by atoms with Crippen molar-refractivity contribution in [2.45, 2.75) is 58.7 Å². The second-order valence-corrected chi connectivity index (χ2v) is 11.2. The third-order valence-electron chi connectivity index (χ3n) is 7.32. The molecule has 4 N–H and O–H groups in total. The molecule has 3 amide bonds. The molecule has 0 saturated carbocycles. The van der Waals surface area contributed by atoms with Crippen LogP contribution in [0.15, 0.2) is 48.5 Å². The summed E-state index contributed by atoms with van der Waals surface area (Å²) >= 11 is 0. The van der Waals surface area contributed by atoms with Gasteiger partial charge in [0.25, 0.3) is 5.91 Å². The van der Waals surface area contributed by atoms with Gasteiger partial charge in [-0.1, -0.05) is 37.1 Å². The molecule has 0 radical (unpaired) electrons. The molecule has 9 nitrogen and oxygen atoms in total. The van der Waals surface area contributed by atoms with Gasteiger partial charge in [-0.05, 0) is 75.2 Å². The average molecular weight is 585 g/mol. The first kappa shape index (κ1) is 33.3. The number of hydrogen-bond acceptors (Lipinski definition) is 6. The predicted octanol–water partition coefficient (Wildman–Crippen LogP) is 3.58. The molecule has 1 aliphatic heterocycles. The number of ether oxygens (including phenoxy) is 1. The summed E-state index contributed by atoms with van der Waals surface area (Å²) in [5.41, 5.74) is 7.59. The van der Waals surface area contributed by atoms with Gasteiger partial charge in [-0.2, -0.15) is 0 Å². The molecule has 1 heterocycles. The quantitative estimate of drug-likeness (QED) is 0.246. The Kier molecular flexibility index (Phi) is 14.5. The maximum Gasteiger partial charge on any atom is 0.317 e. The predicted molar refractivity (Wildman–Crippen MR) is 165 cm³/mol. The molecule has 0 unspecified atom stereocenters. The van der Waals surface area contributed by atoms with E-state index in [2.05, 4.69) is 15.5 Å². The van der Waals surface area contributed by atoms with Crippen LogP contribution in [-0.4, -0.2) is 91.6 Å². The normalized spacial score (nSPS) is 13.8. The Labute approximate surface area is 250 Å². The Morgan fingerprint density at radius 2 is 1.62 bits per heavy atom. The molecule has 232 valence electrons. The first-order valence-corrected chi connectivity index (χ1v) is 15.3. The largest absolute Gasteiger partial charge is 0.484 e. The van der Waals surface area contributed by atoms with Gasteiger partial charge in [-0.3, -0.25) is 9.69 Å². The van der Waals surface area contributed by atoms with E-state index < -0.39 is 0 Å². The maximum atomic E-state index is 13.3. The van der Waals surface area contributed by atoms with E-state index in [9.17, 15) is 14.0 Å². The number of nitrogens with zero attached hydrogens (tertiary/aromatic N) is 3. The second-order valence-electron chi connectivity index (χ2n) is 11.2. The number of nitrogens with two attached hydrogens (primary N) is 1. The van der Waals surface area contributed by atoms with Crippen molar-refractivity contribution >= 4 is 11.9 Å². The fourth-order valence-electron chi connectivity index (χ4n) is 4.80. The van der Waals surface area contributed by atoms with E-state index >= 15 is 0 Å². The van der Waals surface area contributed by atoms with Gasteiger partial charge in [0.1, 0.15) is 11.6 Å². The topological polar surface area (TPSA) is 103 Å². The van der Waals surface area contributed by atoms with E-state index in [0.29, 0.717) is 38.5 Å². The summed E-state index contributed by atoms with van der Waals surface area (Å²) in [4.78, 5) is 31.4. The van der Waals surface area contributed by atoms with Crippen LogP contribution in [0.4, 0.5) is 9.18 Å². The summed E-state index contributed by atoms with van der Waals surface area (Å²) in [6.45, 7) is 10.8. The molecule has 10 heteroatoms. The van der Waals surface area contributed by atoms with E-state index in [-0.39, 0.29) is 30.4 Å². The first-order valence-electron chi connectivity index (χ1n) is 15.3. The lowest BCUT2D eigenvalue weighted by atomic mass is 10.2. The Bertz CT molecular complexity index is 1060. The number of unbranched alkanes of at least 4 members (excludes halogenated alkanes) is 3. The molecule has 42 heavy (non-hydrogen) atoms. The van der Waals surface area contributed by atoms with Crippen LogP contribution < -0.4 is 21.1 Å². The number of nitrogens with one attached hydrogen (secondary N) is 2. The molecule has 0 aromatic heterocycles. The van der Waals surface area contributed by atoms with E-state index in [1.807, 2.05) is 43.0 Å². The van der Waals surface area contributed by atoms with Gasteiger partial charge in [-0.15, -0.1) is 0 Å². The Morgan fingerprint density at radius 3 is 2.29 bits per heavy atom. The molecule has 2 aromatic carbocycles. The minimum Gasteiger partial charge on any atom is -0.484 e. The zero-order valence-electron chi connectivity index (χ0n) is 25.3. The molecule has 0 atom stereocenters. The minimum atomic E-state index is -0.295. The van der Waals surface area contributed by atoms with Crippen molar-refractivity contribution in [3.8, 4) is 5.75 Å². The fraction of sp³-hybridized carbons (Fsp3) is 0.562. The van der Waals surface area contributed by atoms with Crippen molar-refractivity contribution in [3.05, 3.63) is 65.5 Å². The lowest BCUT2D eigenvalue weighted by Crippen LogP contribution is -2.52. The first-order chi connectivity index (χ1) is 20.3. The van der Waals surface area contributed by atoms with E-state index in [1.54, 1.807) is 17.0 Å². The van der Waals surface area contributed by atoms with Crippen LogP contribution >= 0.6 is 0 Å². The summed E-state index contributed by atoms with van der Waals surface area (Å²) in [5.74, 6) is 0.370. The molecule has 1 aliphatic rings. The van der Waals surface area contributed by atoms with Crippen LogP contribution in [0.5, 0.6) is 5.75 Å². The van der Waals surface area contributed by atoms with E-state index in [0.717, 1.165) is 51.1 Å². The van der Waals surface area contributed by atoms with Crippen LogP contribution in [0, 0.1) is 5.82 Å². The number of piperazine rings is 1. The number of carbonyl (C=O) groups excluding carboxylic acids is 2. The number of amides is 3. The van der Waals surface area contributed by atoms with Crippen molar-refractivity contribution in [3.63, 3.8) is 0 Å². The number of rotatable bonds is 17. The zero-order valence-corrected chi connectivity index (χ0v) is 25.3. The van der Waals surface area contributed by atoms with Crippen molar-refractivity contribution in [1.29, 1.82) is 0 Å². The monoisotopic (exact) mass is 584 g/mol. The van der Waals surface area contributed by atoms with Gasteiger partial charge < -0.3 is 30.9 Å². The van der Waals surface area contributed by atoms with Crippen molar-refractivity contribution in [1.82, 2.24) is 25.3 Å². The number of hydrogen-bond donors (Lipinski definition) is 3. The highest BCUT2D eigenvalue weighted by Crippen LogP contribution is 2.13. The summed E-state index contributed by atoms with van der Waals surface area (Å²) in [6.07, 6.45) is 4.65. The van der Waals surface area contributed by atoms with Crippen LogP contribution in [0.2, 0.25) is 0 Å². The van der Waals surface area contributed by atoms with Crippen molar-refractivity contribution in [2.24, 2.45) is 5.73 Å². The summed E-state index contributed by atoms with van der Waals surface area (Å²) in [6, 6.07) is 14.0. The third kappa shape index (κ3) is 12.3. The molecule has 1 saturated heterocycles. The van der Waals surface area contributed by atoms with Crippen LogP contribution in [0.1, 0.15) is 50.7 Å². The standard InChI is InChI=1S/C32H49FN6O3/c1-26(2)36-32(41)39(24-28-7-11-29(33)12-8-28)22-19-37-17-20-38(21-18-37)31(40)25-42-30-13-9-27(10-14-30)23-35-16-6-4-3-5-15-34/h7-14,26,35H,3-6,15-25,34H2,1-2H3,(H,36,41). The number of halogens is 1. The Balaban J connectivity index is 1.35. The van der Waals surface area contributed by atoms with Gasteiger partial charge in [0.15, 0.2) is 6.61 Å². The maximum absolute atomic E-state index is 13.3. The molecule has 1 fully saturated rings. The smallest absolute Gasteiger partial charge is 0.317 e.